The van der Waals surface area contributed by atoms with Crippen molar-refractivity contribution >= 4 is 0 Å². The molecule has 0 saturated heterocycles. The van der Waals surface area contributed by atoms with Crippen molar-refractivity contribution in [1.29, 1.82) is 0 Å². The molecule has 0 bridgehead atoms. The van der Waals surface area contributed by atoms with Crippen LogP contribution in [-0.2, 0) is 5.41 Å². The molecule has 2 N–H and O–H groups in total. The summed E-state index contributed by atoms with van der Waals surface area (Å²) in [5.74, 6) is 0.842. The van der Waals surface area contributed by atoms with Crippen molar-refractivity contribution in [2.75, 3.05) is 6.54 Å². The second-order valence-corrected chi connectivity index (χ2v) is 5.37. The Bertz CT molecular complexity index is 341. The number of nitrogens with two attached hydrogens (primary N) is 1. The molecule has 2 rings (SSSR count). The molecule has 0 unspecified atom stereocenters. The lowest BCUT2D eigenvalue weighted by molar-refractivity contribution is 0.164. The molecular formula is C14H21N. The van der Waals surface area contributed by atoms with Crippen molar-refractivity contribution in [3.63, 3.8) is 0 Å². The van der Waals surface area contributed by atoms with E-state index in [1.54, 1.807) is 0 Å². The SMILES string of the molecule is Cc1cc(C)cc(C2(CN)CC(C)C2)c1. The topological polar surface area (TPSA) is 26.0 Å². The number of aryl methyl sites for hydroxylation is 2. The second kappa shape index (κ2) is 3.64. The molecule has 1 aromatic rings. The Morgan fingerprint density at radius 3 is 2.13 bits per heavy atom. The van der Waals surface area contributed by atoms with Crippen LogP contribution in [0, 0.1) is 19.8 Å². The van der Waals surface area contributed by atoms with Crippen molar-refractivity contribution in [2.45, 2.75) is 39.0 Å². The molecule has 0 spiro atoms. The van der Waals surface area contributed by atoms with Gasteiger partial charge in [0.25, 0.3) is 0 Å². The van der Waals surface area contributed by atoms with E-state index in [-0.39, 0.29) is 5.41 Å². The maximum absolute atomic E-state index is 5.96. The average molecular weight is 203 g/mol. The fourth-order valence-corrected chi connectivity index (χ4v) is 3.08. The quantitative estimate of drug-likeness (QED) is 0.785. The average Bonchev–Trinajstić information content (AvgIpc) is 2.10. The van der Waals surface area contributed by atoms with Crippen LogP contribution in [0.25, 0.3) is 0 Å². The monoisotopic (exact) mass is 203 g/mol. The maximum atomic E-state index is 5.96. The third-order valence-corrected chi connectivity index (χ3v) is 3.70. The lowest BCUT2D eigenvalue weighted by atomic mass is 9.59. The van der Waals surface area contributed by atoms with E-state index >= 15 is 0 Å². The first-order chi connectivity index (χ1) is 7.05. The number of hydrogen-bond acceptors (Lipinski definition) is 1. The molecule has 0 heterocycles. The van der Waals surface area contributed by atoms with Gasteiger partial charge in [-0.1, -0.05) is 36.2 Å². The molecule has 1 aliphatic carbocycles. The Hall–Kier alpha value is -0.820. The van der Waals surface area contributed by atoms with Crippen LogP contribution in [0.2, 0.25) is 0 Å². The summed E-state index contributed by atoms with van der Waals surface area (Å²) in [7, 11) is 0. The minimum absolute atomic E-state index is 0.288. The first kappa shape index (κ1) is 10.7. The van der Waals surface area contributed by atoms with Crippen LogP contribution >= 0.6 is 0 Å². The van der Waals surface area contributed by atoms with Crippen LogP contribution in [-0.4, -0.2) is 6.54 Å². The summed E-state index contributed by atoms with van der Waals surface area (Å²) in [4.78, 5) is 0. The van der Waals surface area contributed by atoms with E-state index in [2.05, 4.69) is 39.0 Å². The number of benzene rings is 1. The second-order valence-electron chi connectivity index (χ2n) is 5.37. The summed E-state index contributed by atoms with van der Waals surface area (Å²) in [6.07, 6.45) is 2.51. The number of hydrogen-bond donors (Lipinski definition) is 1. The highest BCUT2D eigenvalue weighted by atomic mass is 14.6. The van der Waals surface area contributed by atoms with Gasteiger partial charge in [-0.25, -0.2) is 0 Å². The standard InChI is InChI=1S/C14H21N/c1-10-4-11(2)6-13(5-10)14(9-15)7-12(3)8-14/h4-6,12H,7-9,15H2,1-3H3. The summed E-state index contributed by atoms with van der Waals surface area (Å²) in [6.45, 7) is 7.45. The van der Waals surface area contributed by atoms with E-state index in [1.807, 2.05) is 0 Å². The lowest BCUT2D eigenvalue weighted by Crippen LogP contribution is -2.46. The molecule has 0 radical (unpaired) electrons. The fourth-order valence-electron chi connectivity index (χ4n) is 3.08. The van der Waals surface area contributed by atoms with E-state index in [4.69, 9.17) is 5.73 Å². The van der Waals surface area contributed by atoms with Crippen molar-refractivity contribution < 1.29 is 0 Å². The summed E-state index contributed by atoms with van der Waals surface area (Å²) in [5.41, 5.74) is 10.4. The molecule has 82 valence electrons. The predicted octanol–water partition coefficient (Wildman–Crippen LogP) is 2.93. The van der Waals surface area contributed by atoms with E-state index in [0.29, 0.717) is 0 Å². The third kappa shape index (κ3) is 1.81. The highest BCUT2D eigenvalue weighted by Crippen LogP contribution is 2.47. The largest absolute Gasteiger partial charge is 0.330 e. The molecule has 0 atom stereocenters. The molecule has 15 heavy (non-hydrogen) atoms. The van der Waals surface area contributed by atoms with Crippen LogP contribution in [0.5, 0.6) is 0 Å². The van der Waals surface area contributed by atoms with Crippen molar-refractivity contribution in [3.05, 3.63) is 34.9 Å². The van der Waals surface area contributed by atoms with Gasteiger partial charge >= 0.3 is 0 Å². The van der Waals surface area contributed by atoms with Crippen molar-refractivity contribution in [3.8, 4) is 0 Å². The molecule has 1 fully saturated rings. The number of rotatable bonds is 2. The molecule has 0 aromatic heterocycles. The van der Waals surface area contributed by atoms with Crippen LogP contribution in [0.15, 0.2) is 18.2 Å². The van der Waals surface area contributed by atoms with Gasteiger partial charge in [-0.2, -0.15) is 0 Å². The van der Waals surface area contributed by atoms with E-state index in [1.165, 1.54) is 29.5 Å². The van der Waals surface area contributed by atoms with Gasteiger partial charge in [0.1, 0.15) is 0 Å². The van der Waals surface area contributed by atoms with Crippen molar-refractivity contribution in [1.82, 2.24) is 0 Å². The van der Waals surface area contributed by atoms with E-state index < -0.39 is 0 Å². The Morgan fingerprint density at radius 1 is 1.20 bits per heavy atom. The molecule has 0 aliphatic heterocycles. The van der Waals surface area contributed by atoms with Gasteiger partial charge in [0.15, 0.2) is 0 Å². The highest BCUT2D eigenvalue weighted by Gasteiger charge is 2.42. The molecular weight excluding hydrogens is 182 g/mol. The smallest absolute Gasteiger partial charge is 0.00808 e. The molecule has 1 saturated carbocycles. The Kier molecular flexibility index (Phi) is 2.59. The van der Waals surface area contributed by atoms with Gasteiger partial charge in [-0.15, -0.1) is 0 Å². The predicted molar refractivity (Wildman–Crippen MR) is 65.0 cm³/mol. The summed E-state index contributed by atoms with van der Waals surface area (Å²) in [6, 6.07) is 6.85. The van der Waals surface area contributed by atoms with Gasteiger partial charge in [0.05, 0.1) is 0 Å². The van der Waals surface area contributed by atoms with Gasteiger partial charge < -0.3 is 5.73 Å². The van der Waals surface area contributed by atoms with Crippen LogP contribution in [0.4, 0.5) is 0 Å². The van der Waals surface area contributed by atoms with Crippen molar-refractivity contribution in [2.24, 2.45) is 11.7 Å². The zero-order valence-corrected chi connectivity index (χ0v) is 10.0. The lowest BCUT2D eigenvalue weighted by Gasteiger charge is -2.46. The zero-order chi connectivity index (χ0) is 11.1. The summed E-state index contributed by atoms with van der Waals surface area (Å²) >= 11 is 0. The zero-order valence-electron chi connectivity index (χ0n) is 10.0. The summed E-state index contributed by atoms with van der Waals surface area (Å²) < 4.78 is 0. The van der Waals surface area contributed by atoms with E-state index in [0.717, 1.165) is 12.5 Å². The molecule has 1 nitrogen and oxygen atoms in total. The van der Waals surface area contributed by atoms with Crippen LogP contribution in [0.3, 0.4) is 0 Å². The minimum Gasteiger partial charge on any atom is -0.330 e. The molecule has 0 amide bonds. The first-order valence-electron chi connectivity index (χ1n) is 5.84. The van der Waals surface area contributed by atoms with Gasteiger partial charge in [0.2, 0.25) is 0 Å². The van der Waals surface area contributed by atoms with Gasteiger partial charge in [0, 0.05) is 12.0 Å². The molecule has 1 aliphatic rings. The highest BCUT2D eigenvalue weighted by molar-refractivity contribution is 5.36. The van der Waals surface area contributed by atoms with Gasteiger partial charge in [-0.3, -0.25) is 0 Å². The fraction of sp³-hybridized carbons (Fsp3) is 0.571. The summed E-state index contributed by atoms with van der Waals surface area (Å²) in [5, 5.41) is 0. The Morgan fingerprint density at radius 2 is 1.73 bits per heavy atom. The third-order valence-electron chi connectivity index (χ3n) is 3.70. The maximum Gasteiger partial charge on any atom is 0.00808 e. The first-order valence-corrected chi connectivity index (χ1v) is 5.84. The Balaban J connectivity index is 2.35. The normalized spacial score (nSPS) is 30.0. The van der Waals surface area contributed by atoms with E-state index in [9.17, 15) is 0 Å². The molecule has 1 heteroatoms. The van der Waals surface area contributed by atoms with Crippen LogP contribution < -0.4 is 5.73 Å². The molecule has 1 aromatic carbocycles. The van der Waals surface area contributed by atoms with Gasteiger partial charge in [-0.05, 0) is 38.2 Å². The minimum atomic E-state index is 0.288. The Labute approximate surface area is 92.7 Å². The van der Waals surface area contributed by atoms with Crippen LogP contribution in [0.1, 0.15) is 36.5 Å².